The summed E-state index contributed by atoms with van der Waals surface area (Å²) in [6.07, 6.45) is 5.04. The Morgan fingerprint density at radius 1 is 0.935 bits per heavy atom. The average Bonchev–Trinajstić information content (AvgIpc) is 3.48. The molecule has 2 aromatic carbocycles. The van der Waals surface area contributed by atoms with Crippen molar-refractivity contribution in [3.8, 4) is 11.5 Å². The SMILES string of the molecule is COc1ccc(NC(=O)c2ccc(N3C(=O)[C@@H]4[C@@H](C3=O)[C@@H]3C=C[C@@H]4C3)cc2)c(OC)c1. The number of anilines is 2. The Kier molecular flexibility index (Phi) is 4.54. The van der Waals surface area contributed by atoms with Crippen LogP contribution in [0.3, 0.4) is 0 Å². The van der Waals surface area contributed by atoms with Crippen LogP contribution in [0.5, 0.6) is 11.5 Å². The second-order valence-electron chi connectivity index (χ2n) is 8.08. The van der Waals surface area contributed by atoms with Gasteiger partial charge in [0.15, 0.2) is 0 Å². The van der Waals surface area contributed by atoms with Gasteiger partial charge in [0.25, 0.3) is 5.91 Å². The third-order valence-electron chi connectivity index (χ3n) is 6.51. The number of imide groups is 1. The molecule has 1 N–H and O–H groups in total. The van der Waals surface area contributed by atoms with Crippen LogP contribution in [0, 0.1) is 23.7 Å². The van der Waals surface area contributed by atoms with Crippen LogP contribution in [0.2, 0.25) is 0 Å². The smallest absolute Gasteiger partial charge is 0.255 e. The van der Waals surface area contributed by atoms with E-state index in [1.807, 2.05) is 0 Å². The molecule has 2 aromatic rings. The molecular formula is C24H22N2O5. The first kappa shape index (κ1) is 19.4. The molecule has 4 atom stereocenters. The minimum atomic E-state index is -0.326. The van der Waals surface area contributed by atoms with Gasteiger partial charge in [-0.25, -0.2) is 0 Å². The van der Waals surface area contributed by atoms with E-state index in [0.29, 0.717) is 28.4 Å². The lowest BCUT2D eigenvalue weighted by atomic mass is 9.85. The summed E-state index contributed by atoms with van der Waals surface area (Å²) >= 11 is 0. The summed E-state index contributed by atoms with van der Waals surface area (Å²) in [4.78, 5) is 39.9. The molecule has 2 fully saturated rings. The van der Waals surface area contributed by atoms with Gasteiger partial charge in [0.1, 0.15) is 11.5 Å². The van der Waals surface area contributed by atoms with E-state index in [4.69, 9.17) is 9.47 Å². The fourth-order valence-electron chi connectivity index (χ4n) is 5.01. The van der Waals surface area contributed by atoms with Crippen molar-refractivity contribution in [3.63, 3.8) is 0 Å². The number of allylic oxidation sites excluding steroid dienone is 2. The van der Waals surface area contributed by atoms with Crippen molar-refractivity contribution in [2.75, 3.05) is 24.4 Å². The largest absolute Gasteiger partial charge is 0.497 e. The number of carbonyl (C=O) groups is 3. The van der Waals surface area contributed by atoms with Gasteiger partial charge in [-0.3, -0.25) is 19.3 Å². The summed E-state index contributed by atoms with van der Waals surface area (Å²) in [6.45, 7) is 0. The Bertz CT molecular complexity index is 1080. The van der Waals surface area contributed by atoms with E-state index in [2.05, 4.69) is 17.5 Å². The molecule has 3 amide bonds. The van der Waals surface area contributed by atoms with Gasteiger partial charge in [0, 0.05) is 11.6 Å². The van der Waals surface area contributed by atoms with Crippen molar-refractivity contribution in [1.29, 1.82) is 0 Å². The highest BCUT2D eigenvalue weighted by Gasteiger charge is 2.59. The normalized spacial score (nSPS) is 25.7. The fraction of sp³-hybridized carbons (Fsp3) is 0.292. The molecule has 7 nitrogen and oxygen atoms in total. The highest BCUT2D eigenvalue weighted by atomic mass is 16.5. The van der Waals surface area contributed by atoms with E-state index in [0.717, 1.165) is 6.42 Å². The lowest BCUT2D eigenvalue weighted by Gasteiger charge is -2.17. The zero-order chi connectivity index (χ0) is 21.7. The van der Waals surface area contributed by atoms with Crippen LogP contribution in [0.1, 0.15) is 16.8 Å². The van der Waals surface area contributed by atoms with Gasteiger partial charge < -0.3 is 14.8 Å². The summed E-state index contributed by atoms with van der Waals surface area (Å²) < 4.78 is 10.5. The Balaban J connectivity index is 1.33. The highest BCUT2D eigenvalue weighted by molar-refractivity contribution is 6.23. The predicted molar refractivity (Wildman–Crippen MR) is 114 cm³/mol. The van der Waals surface area contributed by atoms with Crippen LogP contribution in [-0.4, -0.2) is 31.9 Å². The molecule has 1 aliphatic heterocycles. The fourth-order valence-corrected chi connectivity index (χ4v) is 5.01. The van der Waals surface area contributed by atoms with Gasteiger partial charge in [0.2, 0.25) is 11.8 Å². The zero-order valence-corrected chi connectivity index (χ0v) is 17.2. The molecular weight excluding hydrogens is 396 g/mol. The third kappa shape index (κ3) is 3.00. The molecule has 0 unspecified atom stereocenters. The zero-order valence-electron chi connectivity index (χ0n) is 17.2. The van der Waals surface area contributed by atoms with Crippen molar-refractivity contribution in [1.82, 2.24) is 0 Å². The van der Waals surface area contributed by atoms with Gasteiger partial charge in [-0.05, 0) is 54.7 Å². The van der Waals surface area contributed by atoms with Crippen LogP contribution in [0.15, 0.2) is 54.6 Å². The van der Waals surface area contributed by atoms with Crippen LogP contribution < -0.4 is 19.7 Å². The molecule has 2 bridgehead atoms. The number of ether oxygens (including phenoxy) is 2. The van der Waals surface area contributed by atoms with Crippen molar-refractivity contribution in [2.24, 2.45) is 23.7 Å². The van der Waals surface area contributed by atoms with E-state index in [9.17, 15) is 14.4 Å². The van der Waals surface area contributed by atoms with Crippen LogP contribution in [0.4, 0.5) is 11.4 Å². The monoisotopic (exact) mass is 418 g/mol. The molecule has 1 saturated heterocycles. The first-order valence-electron chi connectivity index (χ1n) is 10.2. The van der Waals surface area contributed by atoms with Crippen LogP contribution >= 0.6 is 0 Å². The number of amides is 3. The Morgan fingerprint density at radius 3 is 2.16 bits per heavy atom. The number of nitrogens with one attached hydrogen (secondary N) is 1. The molecule has 5 rings (SSSR count). The molecule has 0 radical (unpaired) electrons. The maximum atomic E-state index is 12.9. The van der Waals surface area contributed by atoms with Crippen LogP contribution in [0.25, 0.3) is 0 Å². The summed E-state index contributed by atoms with van der Waals surface area (Å²) in [5.74, 6) is 0.357. The van der Waals surface area contributed by atoms with E-state index in [1.54, 1.807) is 49.6 Å². The van der Waals surface area contributed by atoms with Crippen LogP contribution in [-0.2, 0) is 9.59 Å². The molecule has 31 heavy (non-hydrogen) atoms. The van der Waals surface area contributed by atoms with Gasteiger partial charge in [0.05, 0.1) is 37.4 Å². The number of methoxy groups -OCH3 is 2. The maximum Gasteiger partial charge on any atom is 0.255 e. The number of benzene rings is 2. The highest BCUT2D eigenvalue weighted by Crippen LogP contribution is 2.53. The van der Waals surface area contributed by atoms with Crippen molar-refractivity contribution >= 4 is 29.1 Å². The van der Waals surface area contributed by atoms with E-state index >= 15 is 0 Å². The standard InChI is InChI=1S/C24H22N2O5/c1-30-17-9-10-18(19(12-17)31-2)25-22(27)13-5-7-16(8-6-13)26-23(28)20-14-3-4-15(11-14)21(20)24(26)29/h3-10,12,14-15,20-21H,11H2,1-2H3,(H,25,27)/t14-,15-,20+,21+/m1/s1. The second kappa shape index (κ2) is 7.27. The van der Waals surface area contributed by atoms with Crippen molar-refractivity contribution in [2.45, 2.75) is 6.42 Å². The number of carbonyl (C=O) groups excluding carboxylic acids is 3. The summed E-state index contributed by atoms with van der Waals surface area (Å²) in [5, 5.41) is 2.81. The Hall–Kier alpha value is -3.61. The number of nitrogens with zero attached hydrogens (tertiary/aromatic N) is 1. The average molecular weight is 418 g/mol. The van der Waals surface area contributed by atoms with Gasteiger partial charge in [-0.2, -0.15) is 0 Å². The minimum Gasteiger partial charge on any atom is -0.497 e. The van der Waals surface area contributed by atoms with E-state index in [-0.39, 0.29) is 41.4 Å². The Morgan fingerprint density at radius 2 is 1.58 bits per heavy atom. The molecule has 7 heteroatoms. The number of hydrogen-bond acceptors (Lipinski definition) is 5. The number of fused-ring (bicyclic) bond motifs is 5. The number of rotatable bonds is 5. The quantitative estimate of drug-likeness (QED) is 0.595. The molecule has 0 spiro atoms. The summed E-state index contributed by atoms with van der Waals surface area (Å²) in [6, 6.07) is 11.6. The van der Waals surface area contributed by atoms with Crippen molar-refractivity contribution in [3.05, 3.63) is 60.2 Å². The lowest BCUT2D eigenvalue weighted by molar-refractivity contribution is -0.123. The van der Waals surface area contributed by atoms with Gasteiger partial charge >= 0.3 is 0 Å². The summed E-state index contributed by atoms with van der Waals surface area (Å²) in [7, 11) is 3.07. The molecule has 1 heterocycles. The lowest BCUT2D eigenvalue weighted by Crippen LogP contribution is -2.32. The topological polar surface area (TPSA) is 84.9 Å². The van der Waals surface area contributed by atoms with E-state index in [1.165, 1.54) is 12.0 Å². The molecule has 1 saturated carbocycles. The second-order valence-corrected chi connectivity index (χ2v) is 8.08. The van der Waals surface area contributed by atoms with Gasteiger partial charge in [-0.1, -0.05) is 12.2 Å². The minimum absolute atomic E-state index is 0.132. The van der Waals surface area contributed by atoms with E-state index < -0.39 is 0 Å². The summed E-state index contributed by atoms with van der Waals surface area (Å²) in [5.41, 5.74) is 1.42. The molecule has 158 valence electrons. The predicted octanol–water partition coefficient (Wildman–Crippen LogP) is 3.27. The molecule has 3 aliphatic rings. The first-order valence-corrected chi connectivity index (χ1v) is 10.2. The number of hydrogen-bond donors (Lipinski definition) is 1. The van der Waals surface area contributed by atoms with Crippen molar-refractivity contribution < 1.29 is 23.9 Å². The molecule has 2 aliphatic carbocycles. The maximum absolute atomic E-state index is 12.9. The van der Waals surface area contributed by atoms with Gasteiger partial charge in [-0.15, -0.1) is 0 Å². The Labute approximate surface area is 179 Å². The molecule has 0 aromatic heterocycles. The third-order valence-corrected chi connectivity index (χ3v) is 6.51. The first-order chi connectivity index (χ1) is 15.0.